The van der Waals surface area contributed by atoms with Crippen molar-refractivity contribution in [3.8, 4) is 0 Å². The van der Waals surface area contributed by atoms with Gasteiger partial charge < -0.3 is 10.5 Å². The van der Waals surface area contributed by atoms with Crippen molar-refractivity contribution in [2.45, 2.75) is 12.8 Å². The van der Waals surface area contributed by atoms with Gasteiger partial charge in [-0.05, 0) is 12.5 Å². The lowest BCUT2D eigenvalue weighted by atomic mass is 9.96. The second-order valence-corrected chi connectivity index (χ2v) is 4.60. The van der Waals surface area contributed by atoms with Crippen LogP contribution in [0.3, 0.4) is 0 Å². The largest absolute Gasteiger partial charge is 0.465 e. The summed E-state index contributed by atoms with van der Waals surface area (Å²) in [6, 6.07) is 9.45. The van der Waals surface area contributed by atoms with Crippen LogP contribution in [-0.2, 0) is 9.53 Å². The molecule has 0 fully saturated rings. The van der Waals surface area contributed by atoms with Crippen LogP contribution in [0.15, 0.2) is 35.7 Å². The van der Waals surface area contributed by atoms with Crippen LogP contribution in [0.2, 0.25) is 0 Å². The fourth-order valence-corrected chi connectivity index (χ4v) is 2.32. The second kappa shape index (κ2) is 5.64. The van der Waals surface area contributed by atoms with E-state index in [1.807, 2.05) is 30.3 Å². The van der Waals surface area contributed by atoms with Gasteiger partial charge in [0.2, 0.25) is 0 Å². The topological polar surface area (TPSA) is 65.2 Å². The normalized spacial score (nSPS) is 12.1. The molecule has 2 N–H and O–H groups in total. The summed E-state index contributed by atoms with van der Waals surface area (Å²) in [5.41, 5.74) is 7.13. The van der Waals surface area contributed by atoms with E-state index in [1.54, 1.807) is 12.3 Å². The summed E-state index contributed by atoms with van der Waals surface area (Å²) in [6.07, 6.45) is 0. The first-order chi connectivity index (χ1) is 8.72. The number of nitrogens with two attached hydrogens (primary N) is 1. The molecule has 4 nitrogen and oxygen atoms in total. The summed E-state index contributed by atoms with van der Waals surface area (Å²) in [5.74, 6) is -0.798. The number of esters is 1. The Bertz CT molecular complexity index is 525. The molecule has 0 amide bonds. The van der Waals surface area contributed by atoms with Gasteiger partial charge >= 0.3 is 5.97 Å². The molecule has 0 saturated carbocycles. The van der Waals surface area contributed by atoms with Gasteiger partial charge in [-0.15, -0.1) is 11.3 Å². The van der Waals surface area contributed by atoms with Gasteiger partial charge in [-0.25, -0.2) is 4.98 Å². The van der Waals surface area contributed by atoms with Crippen LogP contribution < -0.4 is 5.73 Å². The molecule has 0 spiro atoms. The van der Waals surface area contributed by atoms with E-state index in [4.69, 9.17) is 10.5 Å². The monoisotopic (exact) mass is 262 g/mol. The molecule has 5 heteroatoms. The van der Waals surface area contributed by atoms with E-state index < -0.39 is 5.92 Å². The number of anilines is 1. The number of carbonyl (C=O) groups is 1. The lowest BCUT2D eigenvalue weighted by Crippen LogP contribution is -2.17. The van der Waals surface area contributed by atoms with Crippen LogP contribution in [0.5, 0.6) is 0 Å². The van der Waals surface area contributed by atoms with Gasteiger partial charge in [-0.2, -0.15) is 0 Å². The van der Waals surface area contributed by atoms with Crippen molar-refractivity contribution in [3.63, 3.8) is 0 Å². The van der Waals surface area contributed by atoms with Gasteiger partial charge in [0.25, 0.3) is 0 Å². The summed E-state index contributed by atoms with van der Waals surface area (Å²) in [7, 11) is 0. The van der Waals surface area contributed by atoms with E-state index in [0.29, 0.717) is 17.4 Å². The van der Waals surface area contributed by atoms with Crippen LogP contribution in [0.25, 0.3) is 0 Å². The molecule has 1 aromatic heterocycles. The van der Waals surface area contributed by atoms with Crippen LogP contribution >= 0.6 is 11.3 Å². The Morgan fingerprint density at radius 1 is 1.44 bits per heavy atom. The molecule has 2 rings (SSSR count). The number of thiazole rings is 1. The first-order valence-electron chi connectivity index (χ1n) is 5.65. The molecule has 1 atom stereocenters. The molecule has 94 valence electrons. The number of carbonyl (C=O) groups excluding carboxylic acids is 1. The number of hydrogen-bond acceptors (Lipinski definition) is 5. The van der Waals surface area contributed by atoms with Crippen LogP contribution in [0.4, 0.5) is 5.13 Å². The molecule has 0 radical (unpaired) electrons. The SMILES string of the molecule is CCOC(=O)C(c1ccccc1)c1csc(N)n1. The summed E-state index contributed by atoms with van der Waals surface area (Å²) in [6.45, 7) is 2.14. The van der Waals surface area contributed by atoms with E-state index in [9.17, 15) is 4.79 Å². The summed E-state index contributed by atoms with van der Waals surface area (Å²) in [4.78, 5) is 16.2. The van der Waals surface area contributed by atoms with Crippen molar-refractivity contribution in [1.29, 1.82) is 0 Å². The molecule has 0 aliphatic rings. The number of hydrogen-bond donors (Lipinski definition) is 1. The average Bonchev–Trinajstić information content (AvgIpc) is 2.78. The summed E-state index contributed by atoms with van der Waals surface area (Å²) in [5, 5.41) is 2.25. The van der Waals surface area contributed by atoms with Crippen molar-refractivity contribution in [2.24, 2.45) is 0 Å². The molecule has 2 aromatic rings. The van der Waals surface area contributed by atoms with Crippen molar-refractivity contribution in [2.75, 3.05) is 12.3 Å². The molecule has 0 aliphatic carbocycles. The predicted molar refractivity (Wildman–Crippen MR) is 71.4 cm³/mol. The Morgan fingerprint density at radius 2 is 2.17 bits per heavy atom. The standard InChI is InChI=1S/C13H14N2O2S/c1-2-17-12(16)11(9-6-4-3-5-7-9)10-8-18-13(14)15-10/h3-8,11H,2H2,1H3,(H2,14,15). The van der Waals surface area contributed by atoms with Gasteiger partial charge in [0, 0.05) is 5.38 Å². The minimum Gasteiger partial charge on any atom is -0.465 e. The minimum absolute atomic E-state index is 0.297. The Kier molecular flexibility index (Phi) is 3.94. The number of rotatable bonds is 4. The van der Waals surface area contributed by atoms with E-state index >= 15 is 0 Å². The summed E-state index contributed by atoms with van der Waals surface area (Å²) < 4.78 is 5.11. The molecule has 1 unspecified atom stereocenters. The Morgan fingerprint density at radius 3 is 2.72 bits per heavy atom. The first-order valence-corrected chi connectivity index (χ1v) is 6.52. The summed E-state index contributed by atoms with van der Waals surface area (Å²) >= 11 is 1.32. The van der Waals surface area contributed by atoms with Crippen LogP contribution in [-0.4, -0.2) is 17.6 Å². The average molecular weight is 262 g/mol. The first kappa shape index (κ1) is 12.6. The van der Waals surface area contributed by atoms with E-state index in [1.165, 1.54) is 11.3 Å². The maximum atomic E-state index is 12.1. The van der Waals surface area contributed by atoms with Gasteiger partial charge in [-0.1, -0.05) is 30.3 Å². The van der Waals surface area contributed by atoms with Crippen molar-refractivity contribution < 1.29 is 9.53 Å². The number of nitrogens with zero attached hydrogens (tertiary/aromatic N) is 1. The fraction of sp³-hybridized carbons (Fsp3) is 0.231. The van der Waals surface area contributed by atoms with Crippen molar-refractivity contribution in [3.05, 3.63) is 47.0 Å². The number of ether oxygens (including phenoxy) is 1. The molecule has 18 heavy (non-hydrogen) atoms. The van der Waals surface area contributed by atoms with E-state index in [0.717, 1.165) is 5.56 Å². The van der Waals surface area contributed by atoms with Gasteiger partial charge in [0.05, 0.1) is 12.3 Å². The maximum Gasteiger partial charge on any atom is 0.319 e. The zero-order valence-electron chi connectivity index (χ0n) is 10.00. The number of benzene rings is 1. The maximum absolute atomic E-state index is 12.1. The molecule has 0 aliphatic heterocycles. The highest BCUT2D eigenvalue weighted by Crippen LogP contribution is 2.27. The lowest BCUT2D eigenvalue weighted by molar-refractivity contribution is -0.143. The quantitative estimate of drug-likeness (QED) is 0.859. The third kappa shape index (κ3) is 2.68. The molecule has 0 bridgehead atoms. The zero-order valence-corrected chi connectivity index (χ0v) is 10.8. The van der Waals surface area contributed by atoms with Crippen LogP contribution in [0.1, 0.15) is 24.1 Å². The Labute approximate surface area is 109 Å². The van der Waals surface area contributed by atoms with E-state index in [2.05, 4.69) is 4.98 Å². The predicted octanol–water partition coefficient (Wildman–Crippen LogP) is 2.42. The van der Waals surface area contributed by atoms with Crippen molar-refractivity contribution in [1.82, 2.24) is 4.98 Å². The molecule has 1 heterocycles. The van der Waals surface area contributed by atoms with E-state index in [-0.39, 0.29) is 5.97 Å². The molecular formula is C13H14N2O2S. The molecular weight excluding hydrogens is 248 g/mol. The molecule has 0 saturated heterocycles. The highest BCUT2D eigenvalue weighted by Gasteiger charge is 2.26. The minimum atomic E-state index is -0.500. The fourth-order valence-electron chi connectivity index (χ4n) is 1.73. The number of nitrogen functional groups attached to an aromatic ring is 1. The lowest BCUT2D eigenvalue weighted by Gasteiger charge is -2.13. The smallest absolute Gasteiger partial charge is 0.319 e. The third-order valence-electron chi connectivity index (χ3n) is 2.49. The Balaban J connectivity index is 2.38. The molecule has 1 aromatic carbocycles. The second-order valence-electron chi connectivity index (χ2n) is 3.71. The number of aromatic nitrogens is 1. The van der Waals surface area contributed by atoms with Gasteiger partial charge in [0.1, 0.15) is 5.92 Å². The van der Waals surface area contributed by atoms with Crippen LogP contribution in [0, 0.1) is 0 Å². The highest BCUT2D eigenvalue weighted by molar-refractivity contribution is 7.13. The highest BCUT2D eigenvalue weighted by atomic mass is 32.1. The van der Waals surface area contributed by atoms with Gasteiger partial charge in [0.15, 0.2) is 5.13 Å². The Hall–Kier alpha value is -1.88. The van der Waals surface area contributed by atoms with Crippen molar-refractivity contribution >= 4 is 22.4 Å². The van der Waals surface area contributed by atoms with Gasteiger partial charge in [-0.3, -0.25) is 4.79 Å². The zero-order chi connectivity index (χ0) is 13.0. The third-order valence-corrected chi connectivity index (χ3v) is 3.18.